The van der Waals surface area contributed by atoms with Crippen molar-refractivity contribution in [2.75, 3.05) is 65.6 Å². The fourth-order valence-electron chi connectivity index (χ4n) is 9.71. The third-order valence-corrected chi connectivity index (χ3v) is 12.4. The van der Waals surface area contributed by atoms with Gasteiger partial charge < -0.3 is 20.9 Å². The summed E-state index contributed by atoms with van der Waals surface area (Å²) in [5.74, 6) is -4.63. The maximum absolute atomic E-state index is 14.7. The zero-order valence-corrected chi connectivity index (χ0v) is 31.0. The highest BCUT2D eigenvalue weighted by molar-refractivity contribution is 5.91. The van der Waals surface area contributed by atoms with E-state index in [-0.39, 0.29) is 88.8 Å². The van der Waals surface area contributed by atoms with Crippen molar-refractivity contribution in [3.05, 3.63) is 93.1 Å². The second-order valence-corrected chi connectivity index (χ2v) is 16.3. The number of alkyl halides is 6. The number of ether oxygens (including phenoxy) is 2. The van der Waals surface area contributed by atoms with Gasteiger partial charge in [-0.2, -0.15) is 26.3 Å². The minimum absolute atomic E-state index is 0.0164. The van der Waals surface area contributed by atoms with Crippen LogP contribution in [0, 0.1) is 23.3 Å². The van der Waals surface area contributed by atoms with Gasteiger partial charge in [-0.3, -0.25) is 24.4 Å². The Morgan fingerprint density at radius 2 is 0.931 bits per heavy atom. The van der Waals surface area contributed by atoms with Crippen LogP contribution in [0.5, 0.6) is 0 Å². The predicted octanol–water partition coefficient (Wildman–Crippen LogP) is 4.54. The molecule has 9 nitrogen and oxygen atoms in total. The number of hydrogen-bond acceptors (Lipinski definition) is 9. The number of carbonyl (C=O) groups is 1. The molecule has 316 valence electrons. The first kappa shape index (κ1) is 41.3. The second kappa shape index (κ2) is 15.6. The van der Waals surface area contributed by atoms with E-state index in [9.17, 15) is 48.7 Å². The Labute approximate surface area is 327 Å². The molecule has 0 radical (unpaired) electrons. The summed E-state index contributed by atoms with van der Waals surface area (Å²) >= 11 is 0. The van der Waals surface area contributed by atoms with Crippen molar-refractivity contribution < 1.29 is 58.2 Å². The van der Waals surface area contributed by atoms with Gasteiger partial charge in [0.15, 0.2) is 17.9 Å². The largest absolute Gasteiger partial charge is 0.411 e. The van der Waals surface area contributed by atoms with Gasteiger partial charge >= 0.3 is 12.4 Å². The molecule has 0 amide bonds. The molecule has 6 aliphatic rings. The molecule has 19 heteroatoms. The first-order valence-corrected chi connectivity index (χ1v) is 19.0. The van der Waals surface area contributed by atoms with Gasteiger partial charge in [-0.15, -0.1) is 0 Å². The van der Waals surface area contributed by atoms with Gasteiger partial charge in [0.25, 0.3) is 0 Å². The van der Waals surface area contributed by atoms with Crippen LogP contribution in [0.15, 0.2) is 58.7 Å². The van der Waals surface area contributed by atoms with Gasteiger partial charge in [-0.25, -0.2) is 17.6 Å². The Morgan fingerprint density at radius 1 is 0.586 bits per heavy atom. The number of benzene rings is 2. The van der Waals surface area contributed by atoms with E-state index in [2.05, 4.69) is 0 Å². The summed E-state index contributed by atoms with van der Waals surface area (Å²) in [6.07, 6.45) is -11.8. The van der Waals surface area contributed by atoms with Crippen LogP contribution >= 0.6 is 0 Å². The number of nitrogens with zero attached hydrogens (tertiary/aromatic N) is 4. The van der Waals surface area contributed by atoms with Gasteiger partial charge in [-0.05, 0) is 71.5 Å². The van der Waals surface area contributed by atoms with Crippen LogP contribution in [-0.4, -0.2) is 140 Å². The average molecular weight is 833 g/mol. The summed E-state index contributed by atoms with van der Waals surface area (Å²) < 4.78 is 157. The third kappa shape index (κ3) is 7.96. The number of nitrogens with two attached hydrogens (primary N) is 2. The van der Waals surface area contributed by atoms with E-state index in [1.165, 1.54) is 0 Å². The van der Waals surface area contributed by atoms with Crippen molar-refractivity contribution in [2.24, 2.45) is 11.5 Å². The van der Waals surface area contributed by atoms with Crippen LogP contribution in [0.25, 0.3) is 0 Å². The topological polar surface area (TPSA) is 101 Å². The van der Waals surface area contributed by atoms with Crippen molar-refractivity contribution >= 4 is 5.78 Å². The number of hydrogen-bond donors (Lipinski definition) is 2. The highest BCUT2D eigenvalue weighted by Gasteiger charge is 2.60. The highest BCUT2D eigenvalue weighted by Crippen LogP contribution is 2.41. The van der Waals surface area contributed by atoms with Crippen molar-refractivity contribution in [3.63, 3.8) is 0 Å². The van der Waals surface area contributed by atoms with Crippen LogP contribution in [0.1, 0.15) is 36.2 Å². The summed E-state index contributed by atoms with van der Waals surface area (Å²) in [5.41, 5.74) is 14.9. The Morgan fingerprint density at radius 3 is 1.24 bits per heavy atom. The molecule has 2 fully saturated rings. The Hall–Kier alpha value is -3.43. The van der Waals surface area contributed by atoms with Crippen molar-refractivity contribution in [2.45, 2.75) is 73.7 Å². The molecule has 0 saturated carbocycles. The number of carbonyl (C=O) groups excluding carboxylic acids is 1. The Kier molecular flexibility index (Phi) is 11.1. The van der Waals surface area contributed by atoms with E-state index in [1.807, 2.05) is 9.80 Å². The molecule has 2 unspecified atom stereocenters. The molecule has 8 atom stereocenters. The molecule has 8 rings (SSSR count). The minimum Gasteiger partial charge on any atom is -0.370 e. The minimum atomic E-state index is -5.30. The van der Waals surface area contributed by atoms with Crippen LogP contribution in [0.2, 0.25) is 0 Å². The van der Waals surface area contributed by atoms with E-state index >= 15 is 0 Å². The summed E-state index contributed by atoms with van der Waals surface area (Å²) in [4.78, 5) is 19.1. The van der Waals surface area contributed by atoms with Gasteiger partial charge in [0, 0.05) is 87.7 Å². The van der Waals surface area contributed by atoms with Crippen molar-refractivity contribution in [1.29, 1.82) is 0 Å². The van der Waals surface area contributed by atoms with Crippen LogP contribution in [0.4, 0.5) is 43.9 Å². The fraction of sp³-hybridized carbons (Fsp3) is 0.564. The van der Waals surface area contributed by atoms with Crippen molar-refractivity contribution in [1.82, 2.24) is 19.6 Å². The third-order valence-electron chi connectivity index (χ3n) is 12.4. The number of halogens is 10. The maximum Gasteiger partial charge on any atom is 0.411 e. The van der Waals surface area contributed by atoms with Gasteiger partial charge in [0.2, 0.25) is 0 Å². The molecule has 0 aromatic heterocycles. The quantitative estimate of drug-likeness (QED) is 0.294. The van der Waals surface area contributed by atoms with Crippen LogP contribution in [0.3, 0.4) is 0 Å². The second-order valence-electron chi connectivity index (χ2n) is 16.3. The zero-order chi connectivity index (χ0) is 41.4. The van der Waals surface area contributed by atoms with Crippen LogP contribution < -0.4 is 11.5 Å². The molecule has 6 aliphatic heterocycles. The van der Waals surface area contributed by atoms with Gasteiger partial charge in [-0.1, -0.05) is 0 Å². The lowest BCUT2D eigenvalue weighted by molar-refractivity contribution is -0.210. The SMILES string of the molecule is N[C@H]1C[C@@H](N2CC3=C(CN(C(C(=O)C(N4CC5=C(C4)CN([C@H]4CO[C@H](c6cc(F)ccc6F)[C@@H](N)C4)C5)C(F)(F)F)C(F)(F)F)C3)C2)CO[C@@H]1c1cc(F)ccc1F. The highest BCUT2D eigenvalue weighted by atomic mass is 19.4. The predicted molar refractivity (Wildman–Crippen MR) is 188 cm³/mol. The number of Topliss-reactive ketones (excluding diaryl/α,β-unsaturated/α-hetero) is 1. The molecular weight excluding hydrogens is 790 g/mol. The van der Waals surface area contributed by atoms with Crippen LogP contribution in [-0.2, 0) is 14.3 Å². The molecule has 6 heterocycles. The lowest BCUT2D eigenvalue weighted by atomic mass is 9.93. The molecule has 2 aromatic carbocycles. The first-order valence-electron chi connectivity index (χ1n) is 19.0. The molecule has 0 bridgehead atoms. The smallest absolute Gasteiger partial charge is 0.370 e. The van der Waals surface area contributed by atoms with Gasteiger partial charge in [0.1, 0.15) is 35.5 Å². The summed E-state index contributed by atoms with van der Waals surface area (Å²) in [6.45, 7) is -0.510. The summed E-state index contributed by atoms with van der Waals surface area (Å²) in [6, 6.07) is -2.09. The number of rotatable bonds is 8. The molecule has 0 spiro atoms. The van der Waals surface area contributed by atoms with E-state index < -0.39 is 77.8 Å². The van der Waals surface area contributed by atoms with E-state index in [1.54, 1.807) is 0 Å². The first-order chi connectivity index (χ1) is 27.3. The summed E-state index contributed by atoms with van der Waals surface area (Å²) in [5, 5.41) is 0. The average Bonchev–Trinajstić information content (AvgIpc) is 3.90. The lowest BCUT2D eigenvalue weighted by Gasteiger charge is -2.40. The molecule has 58 heavy (non-hydrogen) atoms. The Balaban J connectivity index is 0.877. The molecule has 4 N–H and O–H groups in total. The standard InChI is InChI=1S/C39H42F10N6O3/c40-23-1-3-29(42)27(5-23)34-31(50)7-25(17-57-34)52-9-19-13-54(14-20(19)10-52)36(38(44,45)46)33(56)37(39(47,48)49)55-15-21-11-53(12-22(21)16-55)26-8-32(51)35(58-18-26)28-6-24(41)2-4-30(28)43/h1-6,25-26,31-32,34-37H,7-18,50-51H2/t25-,26-,31+,32+,34-,35-,36?,37?/m1/s1. The molecule has 2 aromatic rings. The summed E-state index contributed by atoms with van der Waals surface area (Å²) in [7, 11) is 0. The fourth-order valence-corrected chi connectivity index (χ4v) is 9.71. The number of ketones is 1. The monoisotopic (exact) mass is 832 g/mol. The Bertz CT molecular complexity index is 1820. The zero-order valence-electron chi connectivity index (χ0n) is 31.0. The lowest BCUT2D eigenvalue weighted by Crippen LogP contribution is -2.61. The molecular formula is C39H42F10N6O3. The maximum atomic E-state index is 14.7. The van der Waals surface area contributed by atoms with Crippen molar-refractivity contribution in [3.8, 4) is 0 Å². The van der Waals surface area contributed by atoms with E-state index in [0.717, 1.165) is 46.2 Å². The molecule has 0 aliphatic carbocycles. The molecule has 2 saturated heterocycles. The van der Waals surface area contributed by atoms with E-state index in [0.29, 0.717) is 35.1 Å². The van der Waals surface area contributed by atoms with E-state index in [4.69, 9.17) is 20.9 Å². The van der Waals surface area contributed by atoms with Gasteiger partial charge in [0.05, 0.1) is 13.2 Å². The normalized spacial score (nSPS) is 30.3.